The summed E-state index contributed by atoms with van der Waals surface area (Å²) in [4.78, 5) is 5.89. The molecule has 32 heavy (non-hydrogen) atoms. The Morgan fingerprint density at radius 1 is 1.03 bits per heavy atom. The number of aromatic hydroxyl groups is 1. The van der Waals surface area contributed by atoms with Gasteiger partial charge in [0.1, 0.15) is 17.9 Å². The lowest BCUT2D eigenvalue weighted by Crippen LogP contribution is -2.12. The van der Waals surface area contributed by atoms with E-state index in [1.54, 1.807) is 18.2 Å². The van der Waals surface area contributed by atoms with Crippen LogP contribution in [-0.4, -0.2) is 35.6 Å². The monoisotopic (exact) mass is 448 g/mol. The van der Waals surface area contributed by atoms with Crippen LogP contribution in [0.2, 0.25) is 5.02 Å². The van der Waals surface area contributed by atoms with Gasteiger partial charge in [0.05, 0.1) is 0 Å². The normalized spacial score (nSPS) is 13.7. The number of para-hydroxylation sites is 1. The first-order valence-corrected chi connectivity index (χ1v) is 10.8. The highest BCUT2D eigenvalue weighted by molar-refractivity contribution is 6.31. The van der Waals surface area contributed by atoms with E-state index in [9.17, 15) is 0 Å². The number of nitrogens with zero attached hydrogens (tertiary/aromatic N) is 2. The number of oxazole rings is 1. The summed E-state index contributed by atoms with van der Waals surface area (Å²) < 4.78 is 10.8. The summed E-state index contributed by atoms with van der Waals surface area (Å²) in [5, 5.41) is 9.40. The van der Waals surface area contributed by atoms with Crippen LogP contribution in [0, 0.1) is 0 Å². The number of benzene rings is 3. The van der Waals surface area contributed by atoms with Crippen molar-refractivity contribution < 1.29 is 14.3 Å². The number of aromatic nitrogens is 1. The summed E-state index contributed by atoms with van der Waals surface area (Å²) in [6, 6.07) is 21.8. The number of fused-ring (bicyclic) bond motifs is 3. The molecule has 6 heteroatoms. The van der Waals surface area contributed by atoms with Crippen molar-refractivity contribution in [3.05, 3.63) is 94.5 Å². The third-order valence-electron chi connectivity index (χ3n) is 5.13. The quantitative estimate of drug-likeness (QED) is 0.407. The van der Waals surface area contributed by atoms with Gasteiger partial charge in [0, 0.05) is 17.1 Å². The fourth-order valence-electron chi connectivity index (χ4n) is 3.60. The number of ether oxygens (including phenoxy) is 1. The van der Waals surface area contributed by atoms with Crippen LogP contribution in [-0.2, 0) is 6.61 Å². The van der Waals surface area contributed by atoms with E-state index < -0.39 is 0 Å². The molecule has 0 radical (unpaired) electrons. The van der Waals surface area contributed by atoms with Crippen molar-refractivity contribution in [1.82, 2.24) is 9.88 Å². The van der Waals surface area contributed by atoms with Crippen LogP contribution in [0.15, 0.2) is 77.2 Å². The summed E-state index contributed by atoms with van der Waals surface area (Å²) in [5.41, 5.74) is 6.13. The molecule has 0 saturated carbocycles. The van der Waals surface area contributed by atoms with E-state index in [1.807, 2.05) is 6.07 Å². The Morgan fingerprint density at radius 3 is 2.59 bits per heavy atom. The van der Waals surface area contributed by atoms with Crippen LogP contribution in [0.5, 0.6) is 11.8 Å². The largest absolute Gasteiger partial charge is 0.488 e. The van der Waals surface area contributed by atoms with Crippen LogP contribution < -0.4 is 4.74 Å². The molecule has 2 heterocycles. The number of rotatable bonds is 3. The Balaban J connectivity index is 0.000000186. The van der Waals surface area contributed by atoms with E-state index in [2.05, 4.69) is 72.5 Å². The van der Waals surface area contributed by atoms with Gasteiger partial charge in [0.25, 0.3) is 0 Å². The van der Waals surface area contributed by atoms with E-state index in [1.165, 1.54) is 22.3 Å². The minimum Gasteiger partial charge on any atom is -0.488 e. The highest BCUT2D eigenvalue weighted by Gasteiger charge is 2.17. The maximum absolute atomic E-state index is 8.83. The van der Waals surface area contributed by atoms with E-state index in [-0.39, 0.29) is 6.08 Å². The van der Waals surface area contributed by atoms with Crippen molar-refractivity contribution in [2.45, 2.75) is 13.0 Å². The summed E-state index contributed by atoms with van der Waals surface area (Å²) >= 11 is 5.66. The molecule has 0 amide bonds. The number of hydrogen-bond acceptors (Lipinski definition) is 5. The predicted octanol–water partition coefficient (Wildman–Crippen LogP) is 6.15. The summed E-state index contributed by atoms with van der Waals surface area (Å²) in [7, 11) is 4.22. The van der Waals surface area contributed by atoms with Gasteiger partial charge in [-0.15, -0.1) is 0 Å². The second-order valence-corrected chi connectivity index (χ2v) is 8.20. The van der Waals surface area contributed by atoms with Gasteiger partial charge in [-0.3, -0.25) is 0 Å². The molecule has 1 aliphatic rings. The molecule has 1 N–H and O–H groups in total. The lowest BCUT2D eigenvalue weighted by molar-refractivity contribution is 0.307. The maximum atomic E-state index is 8.83. The van der Waals surface area contributed by atoms with Crippen LogP contribution >= 0.6 is 11.6 Å². The zero-order chi connectivity index (χ0) is 22.5. The second kappa shape index (κ2) is 9.90. The minimum atomic E-state index is -0.331. The molecule has 0 atom stereocenters. The Labute approximate surface area is 192 Å². The van der Waals surface area contributed by atoms with Crippen LogP contribution in [0.25, 0.3) is 16.7 Å². The van der Waals surface area contributed by atoms with Gasteiger partial charge in [-0.05, 0) is 61.5 Å². The van der Waals surface area contributed by atoms with Crippen LogP contribution in [0.3, 0.4) is 0 Å². The highest BCUT2D eigenvalue weighted by Crippen LogP contribution is 2.36. The maximum Gasteiger partial charge on any atom is 0.392 e. The van der Waals surface area contributed by atoms with Crippen LogP contribution in [0.4, 0.5) is 0 Å². The van der Waals surface area contributed by atoms with Gasteiger partial charge in [0.15, 0.2) is 5.58 Å². The zero-order valence-corrected chi connectivity index (χ0v) is 18.8. The molecule has 1 aliphatic heterocycles. The molecule has 4 aromatic rings. The second-order valence-electron chi connectivity index (χ2n) is 7.76. The van der Waals surface area contributed by atoms with E-state index in [0.29, 0.717) is 22.7 Å². The first kappa shape index (κ1) is 21.9. The fourth-order valence-corrected chi connectivity index (χ4v) is 3.77. The van der Waals surface area contributed by atoms with Crippen molar-refractivity contribution in [3.63, 3.8) is 0 Å². The molecule has 1 aromatic heterocycles. The lowest BCUT2D eigenvalue weighted by Gasteiger charge is -2.12. The number of hydrogen-bond donors (Lipinski definition) is 1. The molecule has 5 nitrogen and oxygen atoms in total. The Kier molecular flexibility index (Phi) is 6.78. The Morgan fingerprint density at radius 2 is 1.78 bits per heavy atom. The molecule has 0 aliphatic carbocycles. The van der Waals surface area contributed by atoms with Gasteiger partial charge in [-0.1, -0.05) is 60.1 Å². The SMILES string of the molecule is CN(C)CCC=C1c2ccccc2COc2ccccc21.Oc1nc2cc(Cl)ccc2o1. The van der Waals surface area contributed by atoms with E-state index in [0.717, 1.165) is 18.7 Å². The minimum absolute atomic E-state index is 0.331. The zero-order valence-electron chi connectivity index (χ0n) is 18.1. The lowest BCUT2D eigenvalue weighted by atomic mass is 9.93. The molecule has 0 unspecified atom stereocenters. The highest BCUT2D eigenvalue weighted by atomic mass is 35.5. The third-order valence-corrected chi connectivity index (χ3v) is 5.37. The molecule has 0 bridgehead atoms. The van der Waals surface area contributed by atoms with Crippen LogP contribution in [0.1, 0.15) is 23.1 Å². The molecule has 0 fully saturated rings. The predicted molar refractivity (Wildman–Crippen MR) is 128 cm³/mol. The molecular formula is C26H25ClN2O3. The van der Waals surface area contributed by atoms with E-state index >= 15 is 0 Å². The van der Waals surface area contributed by atoms with Gasteiger partial charge < -0.3 is 19.2 Å². The topological polar surface area (TPSA) is 58.7 Å². The molecule has 3 aromatic carbocycles. The summed E-state index contributed by atoms with van der Waals surface area (Å²) in [6.07, 6.45) is 3.04. The van der Waals surface area contributed by atoms with Gasteiger partial charge >= 0.3 is 6.08 Å². The third kappa shape index (κ3) is 5.13. The van der Waals surface area contributed by atoms with Gasteiger partial charge in [-0.2, -0.15) is 4.98 Å². The van der Waals surface area contributed by atoms with Gasteiger partial charge in [0.2, 0.25) is 0 Å². The first-order chi connectivity index (χ1) is 15.5. The smallest absolute Gasteiger partial charge is 0.392 e. The first-order valence-electron chi connectivity index (χ1n) is 10.4. The molecule has 5 rings (SSSR count). The Hall–Kier alpha value is -3.28. The summed E-state index contributed by atoms with van der Waals surface area (Å²) in [6.45, 7) is 1.69. The molecule has 164 valence electrons. The van der Waals surface area contributed by atoms with Crippen molar-refractivity contribution in [1.29, 1.82) is 0 Å². The van der Waals surface area contributed by atoms with Crippen molar-refractivity contribution in [2.24, 2.45) is 0 Å². The Bertz CT molecular complexity index is 1200. The molecule has 0 spiro atoms. The van der Waals surface area contributed by atoms with Crippen molar-refractivity contribution >= 4 is 28.3 Å². The fraction of sp³-hybridized carbons (Fsp3) is 0.192. The number of halogens is 1. The standard InChI is InChI=1S/C19H21NO.C7H4ClNO2/c1-20(2)13-7-11-17-16-9-4-3-8-15(16)14-21-19-12-6-5-10-18(17)19;8-4-1-2-6-5(3-4)9-7(10)11-6/h3-6,8-12H,7,13-14H2,1-2H3;1-3H,(H,9,10). The van der Waals surface area contributed by atoms with Gasteiger partial charge in [-0.25, -0.2) is 0 Å². The summed E-state index contributed by atoms with van der Waals surface area (Å²) in [5.74, 6) is 0.977. The van der Waals surface area contributed by atoms with Crippen molar-refractivity contribution in [3.8, 4) is 11.8 Å². The van der Waals surface area contributed by atoms with Crippen molar-refractivity contribution in [2.75, 3.05) is 20.6 Å². The molecule has 0 saturated heterocycles. The average Bonchev–Trinajstić information content (AvgIpc) is 3.07. The van der Waals surface area contributed by atoms with E-state index in [4.69, 9.17) is 25.9 Å². The average molecular weight is 449 g/mol. The molecular weight excluding hydrogens is 424 g/mol.